The molecule has 0 fully saturated rings. The first-order valence-corrected chi connectivity index (χ1v) is 5.21. The monoisotopic (exact) mass is 220 g/mol. The van der Waals surface area contributed by atoms with E-state index in [-0.39, 0.29) is 11.0 Å². The molecule has 0 aliphatic carbocycles. The molecule has 0 atom stereocenters. The van der Waals surface area contributed by atoms with E-state index < -0.39 is 0 Å². The number of aryl methyl sites for hydroxylation is 1. The Labute approximate surface area is 93.7 Å². The van der Waals surface area contributed by atoms with Crippen LogP contribution in [0, 0.1) is 0 Å². The molecule has 2 aromatic rings. The summed E-state index contributed by atoms with van der Waals surface area (Å²) in [4.78, 5) is 20.5. The van der Waals surface area contributed by atoms with Crippen molar-refractivity contribution < 1.29 is 0 Å². The summed E-state index contributed by atoms with van der Waals surface area (Å²) < 4.78 is 3.28. The SMILES string of the molecule is Cn1c(=O)c2cnc(C(C)(C)C)nc2n1C. The third-order valence-corrected chi connectivity index (χ3v) is 2.72. The van der Waals surface area contributed by atoms with Crippen LogP contribution in [0.2, 0.25) is 0 Å². The van der Waals surface area contributed by atoms with E-state index in [1.807, 2.05) is 7.05 Å². The van der Waals surface area contributed by atoms with Gasteiger partial charge in [-0.3, -0.25) is 14.2 Å². The molecule has 0 saturated heterocycles. The Kier molecular flexibility index (Phi) is 2.15. The first-order valence-electron chi connectivity index (χ1n) is 5.21. The lowest BCUT2D eigenvalue weighted by Gasteiger charge is -2.15. The average Bonchev–Trinajstić information content (AvgIpc) is 2.43. The summed E-state index contributed by atoms with van der Waals surface area (Å²) >= 11 is 0. The minimum absolute atomic E-state index is 0.0574. The van der Waals surface area contributed by atoms with Crippen LogP contribution in [0.1, 0.15) is 26.6 Å². The van der Waals surface area contributed by atoms with Gasteiger partial charge in [-0.05, 0) is 0 Å². The Bertz CT molecular complexity index is 601. The van der Waals surface area contributed by atoms with Crippen molar-refractivity contribution in [3.8, 4) is 0 Å². The third-order valence-electron chi connectivity index (χ3n) is 2.72. The third kappa shape index (κ3) is 1.43. The zero-order valence-corrected chi connectivity index (χ0v) is 10.3. The average molecular weight is 220 g/mol. The number of hydrogen-bond acceptors (Lipinski definition) is 3. The molecule has 2 heterocycles. The lowest BCUT2D eigenvalue weighted by atomic mass is 9.96. The fourth-order valence-corrected chi connectivity index (χ4v) is 1.58. The molecular formula is C11H16N4O. The van der Waals surface area contributed by atoms with Gasteiger partial charge in [0.1, 0.15) is 11.2 Å². The van der Waals surface area contributed by atoms with Crippen LogP contribution in [0.25, 0.3) is 11.0 Å². The number of nitrogens with zero attached hydrogens (tertiary/aromatic N) is 4. The molecule has 16 heavy (non-hydrogen) atoms. The highest BCUT2D eigenvalue weighted by atomic mass is 16.1. The van der Waals surface area contributed by atoms with E-state index in [0.29, 0.717) is 11.0 Å². The van der Waals surface area contributed by atoms with Gasteiger partial charge in [0.2, 0.25) is 0 Å². The fourth-order valence-electron chi connectivity index (χ4n) is 1.58. The van der Waals surface area contributed by atoms with Crippen LogP contribution in [0.5, 0.6) is 0 Å². The number of hydrogen-bond donors (Lipinski definition) is 0. The topological polar surface area (TPSA) is 52.7 Å². The van der Waals surface area contributed by atoms with Crippen LogP contribution in [0.3, 0.4) is 0 Å². The van der Waals surface area contributed by atoms with Crippen molar-refractivity contribution in [3.63, 3.8) is 0 Å². The summed E-state index contributed by atoms with van der Waals surface area (Å²) in [6.45, 7) is 6.15. The standard InChI is InChI=1S/C11H16N4O/c1-11(2,3)10-12-6-7-8(13-10)14(4)15(5)9(7)16/h6H,1-5H3. The van der Waals surface area contributed by atoms with E-state index in [1.165, 1.54) is 4.68 Å². The summed E-state index contributed by atoms with van der Waals surface area (Å²) in [7, 11) is 3.55. The van der Waals surface area contributed by atoms with E-state index in [1.54, 1.807) is 17.9 Å². The summed E-state index contributed by atoms with van der Waals surface area (Å²) in [5.74, 6) is 0.751. The van der Waals surface area contributed by atoms with Crippen LogP contribution in [0.4, 0.5) is 0 Å². The zero-order valence-electron chi connectivity index (χ0n) is 10.3. The molecule has 0 aliphatic rings. The van der Waals surface area contributed by atoms with Crippen molar-refractivity contribution in [1.29, 1.82) is 0 Å². The first kappa shape index (κ1) is 10.9. The molecule has 0 aromatic carbocycles. The molecule has 0 radical (unpaired) electrons. The minimum Gasteiger partial charge on any atom is -0.268 e. The summed E-state index contributed by atoms with van der Waals surface area (Å²) in [5.41, 5.74) is 0.519. The fraction of sp³-hybridized carbons (Fsp3) is 0.545. The molecule has 0 N–H and O–H groups in total. The van der Waals surface area contributed by atoms with Crippen molar-refractivity contribution in [3.05, 3.63) is 22.4 Å². The van der Waals surface area contributed by atoms with Crippen LogP contribution < -0.4 is 5.56 Å². The van der Waals surface area contributed by atoms with E-state index in [2.05, 4.69) is 30.7 Å². The molecule has 5 heteroatoms. The van der Waals surface area contributed by atoms with Crippen molar-refractivity contribution in [2.24, 2.45) is 14.1 Å². The zero-order chi connectivity index (χ0) is 12.1. The lowest BCUT2D eigenvalue weighted by molar-refractivity contribution is 0.542. The van der Waals surface area contributed by atoms with Gasteiger partial charge in [-0.25, -0.2) is 9.97 Å². The second-order valence-corrected chi connectivity index (χ2v) is 5.03. The minimum atomic E-state index is -0.111. The molecular weight excluding hydrogens is 204 g/mol. The molecule has 2 aromatic heterocycles. The Morgan fingerprint density at radius 3 is 2.38 bits per heavy atom. The van der Waals surface area contributed by atoms with Crippen molar-refractivity contribution >= 4 is 11.0 Å². The molecule has 5 nitrogen and oxygen atoms in total. The van der Waals surface area contributed by atoms with Gasteiger partial charge in [-0.15, -0.1) is 0 Å². The molecule has 0 amide bonds. The Balaban J connectivity index is 2.82. The van der Waals surface area contributed by atoms with E-state index in [4.69, 9.17) is 0 Å². The number of rotatable bonds is 0. The van der Waals surface area contributed by atoms with Gasteiger partial charge in [-0.1, -0.05) is 20.8 Å². The van der Waals surface area contributed by atoms with E-state index in [9.17, 15) is 4.79 Å². The molecule has 86 valence electrons. The number of aromatic nitrogens is 4. The van der Waals surface area contributed by atoms with Gasteiger partial charge in [0.05, 0.1) is 0 Å². The van der Waals surface area contributed by atoms with Crippen LogP contribution in [-0.4, -0.2) is 19.3 Å². The van der Waals surface area contributed by atoms with Gasteiger partial charge in [0, 0.05) is 25.7 Å². The lowest BCUT2D eigenvalue weighted by Crippen LogP contribution is -2.16. The summed E-state index contributed by atoms with van der Waals surface area (Å²) in [6.07, 6.45) is 1.62. The second kappa shape index (κ2) is 3.17. The molecule has 0 aliphatic heterocycles. The number of fused-ring (bicyclic) bond motifs is 1. The quantitative estimate of drug-likeness (QED) is 0.664. The van der Waals surface area contributed by atoms with Crippen LogP contribution in [-0.2, 0) is 19.5 Å². The molecule has 0 spiro atoms. The van der Waals surface area contributed by atoms with Crippen LogP contribution in [0.15, 0.2) is 11.0 Å². The predicted molar refractivity (Wildman–Crippen MR) is 62.5 cm³/mol. The van der Waals surface area contributed by atoms with Crippen LogP contribution >= 0.6 is 0 Å². The van der Waals surface area contributed by atoms with Gasteiger partial charge < -0.3 is 0 Å². The van der Waals surface area contributed by atoms with Gasteiger partial charge in [0.25, 0.3) is 5.56 Å². The largest absolute Gasteiger partial charge is 0.277 e. The summed E-state index contributed by atoms with van der Waals surface area (Å²) in [6, 6.07) is 0. The maximum absolute atomic E-state index is 11.8. The van der Waals surface area contributed by atoms with Gasteiger partial charge >= 0.3 is 0 Å². The van der Waals surface area contributed by atoms with Crippen molar-refractivity contribution in [1.82, 2.24) is 19.3 Å². The smallest absolute Gasteiger partial charge is 0.268 e. The highest BCUT2D eigenvalue weighted by Crippen LogP contribution is 2.19. The molecule has 0 saturated carbocycles. The van der Waals surface area contributed by atoms with E-state index in [0.717, 1.165) is 5.82 Å². The van der Waals surface area contributed by atoms with Gasteiger partial charge in [-0.2, -0.15) is 0 Å². The maximum Gasteiger partial charge on any atom is 0.277 e. The first-order chi connectivity index (χ1) is 7.32. The van der Waals surface area contributed by atoms with Gasteiger partial charge in [0.15, 0.2) is 5.65 Å². The Hall–Kier alpha value is -1.65. The Morgan fingerprint density at radius 1 is 1.19 bits per heavy atom. The van der Waals surface area contributed by atoms with Crippen molar-refractivity contribution in [2.75, 3.05) is 0 Å². The highest BCUT2D eigenvalue weighted by molar-refractivity contribution is 5.73. The summed E-state index contributed by atoms with van der Waals surface area (Å²) in [5, 5.41) is 0.568. The highest BCUT2D eigenvalue weighted by Gasteiger charge is 2.19. The molecule has 0 unspecified atom stereocenters. The molecule has 0 bridgehead atoms. The van der Waals surface area contributed by atoms with E-state index >= 15 is 0 Å². The Morgan fingerprint density at radius 2 is 1.81 bits per heavy atom. The normalized spacial score (nSPS) is 12.3. The predicted octanol–water partition coefficient (Wildman–Crippen LogP) is 0.964. The van der Waals surface area contributed by atoms with Crippen molar-refractivity contribution in [2.45, 2.75) is 26.2 Å². The second-order valence-electron chi connectivity index (χ2n) is 5.03. The molecule has 2 rings (SSSR count). The maximum atomic E-state index is 11.8.